The number of carboxylic acid groups (broad SMARTS) is 1. The maximum absolute atomic E-state index is 12.5. The molecule has 0 amide bonds. The smallest absolute Gasteiger partial charge is 0.310 e. The molecule has 0 saturated heterocycles. The van der Waals surface area contributed by atoms with E-state index < -0.39 is 17.8 Å². The van der Waals surface area contributed by atoms with Crippen molar-refractivity contribution < 1.29 is 19.4 Å². The molecule has 0 aromatic rings. The van der Waals surface area contributed by atoms with E-state index in [2.05, 4.69) is 13.8 Å². The monoisotopic (exact) mass is 424 g/mol. The Kier molecular flexibility index (Phi) is 15.8. The summed E-state index contributed by atoms with van der Waals surface area (Å²) >= 11 is 0. The first-order valence-corrected chi connectivity index (χ1v) is 13.0. The van der Waals surface area contributed by atoms with Crippen LogP contribution in [0.15, 0.2) is 0 Å². The highest BCUT2D eigenvalue weighted by Gasteiger charge is 2.37. The van der Waals surface area contributed by atoms with Crippen LogP contribution >= 0.6 is 0 Å². The van der Waals surface area contributed by atoms with Crippen molar-refractivity contribution in [3.8, 4) is 0 Å². The van der Waals surface area contributed by atoms with Crippen LogP contribution in [0, 0.1) is 11.8 Å². The van der Waals surface area contributed by atoms with Crippen LogP contribution in [0.25, 0.3) is 0 Å². The summed E-state index contributed by atoms with van der Waals surface area (Å²) in [6, 6.07) is 0. The highest BCUT2D eigenvalue weighted by molar-refractivity contribution is 5.81. The molecule has 4 heteroatoms. The average Bonchev–Trinajstić information content (AvgIpc) is 2.75. The molecule has 0 aromatic carbocycles. The van der Waals surface area contributed by atoms with Gasteiger partial charge in [-0.15, -0.1) is 0 Å². The maximum atomic E-state index is 12.5. The highest BCUT2D eigenvalue weighted by atomic mass is 16.5. The Labute approximate surface area is 185 Å². The number of hydrogen-bond donors (Lipinski definition) is 1. The van der Waals surface area contributed by atoms with Crippen LogP contribution in [-0.2, 0) is 14.3 Å². The second-order valence-electron chi connectivity index (χ2n) is 9.33. The number of carbonyl (C=O) groups is 2. The van der Waals surface area contributed by atoms with Gasteiger partial charge in [-0.25, -0.2) is 0 Å². The molecule has 0 spiro atoms. The Morgan fingerprint density at radius 3 is 1.70 bits per heavy atom. The van der Waals surface area contributed by atoms with Gasteiger partial charge in [0, 0.05) is 0 Å². The summed E-state index contributed by atoms with van der Waals surface area (Å²) in [5.41, 5.74) is 0. The van der Waals surface area contributed by atoms with Gasteiger partial charge in [0.25, 0.3) is 0 Å². The molecule has 1 fully saturated rings. The SMILES string of the molecule is CCCCCCCCCCCCCCCC(CC)OC(=O)C1CCCCC1C(=O)O. The van der Waals surface area contributed by atoms with E-state index in [9.17, 15) is 14.7 Å². The van der Waals surface area contributed by atoms with E-state index in [1.807, 2.05) is 0 Å². The fourth-order valence-electron chi connectivity index (χ4n) is 4.70. The van der Waals surface area contributed by atoms with Gasteiger partial charge in [0.1, 0.15) is 6.10 Å². The lowest BCUT2D eigenvalue weighted by molar-refractivity contribution is -0.164. The predicted octanol–water partition coefficient (Wildman–Crippen LogP) is 7.68. The maximum Gasteiger partial charge on any atom is 0.310 e. The van der Waals surface area contributed by atoms with Crippen molar-refractivity contribution >= 4 is 11.9 Å². The molecule has 30 heavy (non-hydrogen) atoms. The van der Waals surface area contributed by atoms with Crippen LogP contribution in [-0.4, -0.2) is 23.1 Å². The fraction of sp³-hybridized carbons (Fsp3) is 0.923. The normalized spacial score (nSPS) is 20.1. The molecule has 0 aliphatic heterocycles. The van der Waals surface area contributed by atoms with E-state index >= 15 is 0 Å². The summed E-state index contributed by atoms with van der Waals surface area (Å²) in [4.78, 5) is 24.0. The molecule has 0 radical (unpaired) electrons. The lowest BCUT2D eigenvalue weighted by atomic mass is 9.79. The van der Waals surface area contributed by atoms with E-state index in [1.165, 1.54) is 77.0 Å². The number of carboxylic acids is 1. The summed E-state index contributed by atoms with van der Waals surface area (Å²) in [5.74, 6) is -2.12. The highest BCUT2D eigenvalue weighted by Crippen LogP contribution is 2.32. The Hall–Kier alpha value is -1.06. The molecule has 3 atom stereocenters. The number of rotatable bonds is 18. The van der Waals surface area contributed by atoms with Crippen molar-refractivity contribution in [1.29, 1.82) is 0 Å². The molecule has 3 unspecified atom stereocenters. The standard InChI is InChI=1S/C26H48O4/c1-3-5-6-7-8-9-10-11-12-13-14-15-16-19-22(4-2)30-26(29)24-21-18-17-20-23(24)25(27)28/h22-24H,3-21H2,1-2H3,(H,27,28). The van der Waals surface area contributed by atoms with Gasteiger partial charge in [-0.3, -0.25) is 9.59 Å². The predicted molar refractivity (Wildman–Crippen MR) is 124 cm³/mol. The quantitative estimate of drug-likeness (QED) is 0.181. The average molecular weight is 425 g/mol. The minimum atomic E-state index is -0.846. The van der Waals surface area contributed by atoms with Crippen LogP contribution < -0.4 is 0 Å². The van der Waals surface area contributed by atoms with Gasteiger partial charge in [0.2, 0.25) is 0 Å². The van der Waals surface area contributed by atoms with Crippen molar-refractivity contribution in [1.82, 2.24) is 0 Å². The van der Waals surface area contributed by atoms with E-state index in [0.29, 0.717) is 12.8 Å². The second kappa shape index (κ2) is 17.6. The minimum Gasteiger partial charge on any atom is -0.481 e. The molecule has 4 nitrogen and oxygen atoms in total. The molecule has 176 valence electrons. The van der Waals surface area contributed by atoms with Gasteiger partial charge in [-0.1, -0.05) is 104 Å². The zero-order chi connectivity index (χ0) is 22.0. The van der Waals surface area contributed by atoms with Crippen molar-refractivity contribution in [2.45, 2.75) is 142 Å². The molecule has 1 rings (SSSR count). The summed E-state index contributed by atoms with van der Waals surface area (Å²) in [6.45, 7) is 4.32. The molecular formula is C26H48O4. The molecule has 1 saturated carbocycles. The Balaban J connectivity index is 2.05. The van der Waals surface area contributed by atoms with Crippen LogP contribution in [0.2, 0.25) is 0 Å². The zero-order valence-corrected chi connectivity index (χ0v) is 19.8. The Bertz CT molecular complexity index is 448. The molecule has 0 aromatic heterocycles. The fourth-order valence-corrected chi connectivity index (χ4v) is 4.70. The van der Waals surface area contributed by atoms with Gasteiger partial charge >= 0.3 is 11.9 Å². The van der Waals surface area contributed by atoms with Crippen molar-refractivity contribution in [3.05, 3.63) is 0 Å². The van der Waals surface area contributed by atoms with Crippen molar-refractivity contribution in [2.75, 3.05) is 0 Å². The first kappa shape index (κ1) is 27.0. The first-order valence-electron chi connectivity index (χ1n) is 13.0. The Morgan fingerprint density at radius 2 is 1.23 bits per heavy atom. The van der Waals surface area contributed by atoms with Crippen LogP contribution in [0.5, 0.6) is 0 Å². The zero-order valence-electron chi connectivity index (χ0n) is 19.8. The molecule has 1 aliphatic carbocycles. The van der Waals surface area contributed by atoms with E-state index in [4.69, 9.17) is 4.74 Å². The van der Waals surface area contributed by atoms with E-state index in [0.717, 1.165) is 32.1 Å². The van der Waals surface area contributed by atoms with Crippen LogP contribution in [0.1, 0.15) is 136 Å². The lowest BCUT2D eigenvalue weighted by Crippen LogP contribution is -2.35. The number of aliphatic carboxylic acids is 1. The molecule has 1 N–H and O–H groups in total. The third-order valence-electron chi connectivity index (χ3n) is 6.75. The van der Waals surface area contributed by atoms with Crippen molar-refractivity contribution in [2.24, 2.45) is 11.8 Å². The number of carbonyl (C=O) groups excluding carboxylic acids is 1. The molecule has 1 aliphatic rings. The molecule has 0 bridgehead atoms. The van der Waals surface area contributed by atoms with Gasteiger partial charge in [-0.2, -0.15) is 0 Å². The number of hydrogen-bond acceptors (Lipinski definition) is 3. The Morgan fingerprint density at radius 1 is 0.767 bits per heavy atom. The second-order valence-corrected chi connectivity index (χ2v) is 9.33. The van der Waals surface area contributed by atoms with Crippen molar-refractivity contribution in [3.63, 3.8) is 0 Å². The first-order chi connectivity index (χ1) is 14.6. The summed E-state index contributed by atoms with van der Waals surface area (Å²) < 4.78 is 5.72. The summed E-state index contributed by atoms with van der Waals surface area (Å²) in [5, 5.41) is 9.38. The summed E-state index contributed by atoms with van der Waals surface area (Å²) in [6.07, 6.45) is 22.1. The topological polar surface area (TPSA) is 63.6 Å². The van der Waals surface area contributed by atoms with Gasteiger partial charge in [-0.05, 0) is 32.1 Å². The van der Waals surface area contributed by atoms with Crippen LogP contribution in [0.3, 0.4) is 0 Å². The summed E-state index contributed by atoms with van der Waals surface area (Å²) in [7, 11) is 0. The number of esters is 1. The lowest BCUT2D eigenvalue weighted by Gasteiger charge is -2.28. The van der Waals surface area contributed by atoms with Gasteiger partial charge < -0.3 is 9.84 Å². The van der Waals surface area contributed by atoms with E-state index in [-0.39, 0.29) is 12.1 Å². The number of unbranched alkanes of at least 4 members (excludes halogenated alkanes) is 12. The van der Waals surface area contributed by atoms with Gasteiger partial charge in [0.15, 0.2) is 0 Å². The molecule has 0 heterocycles. The third-order valence-corrected chi connectivity index (χ3v) is 6.75. The minimum absolute atomic E-state index is 0.0541. The van der Waals surface area contributed by atoms with E-state index in [1.54, 1.807) is 0 Å². The number of ether oxygens (including phenoxy) is 1. The largest absolute Gasteiger partial charge is 0.481 e. The third kappa shape index (κ3) is 12.0. The van der Waals surface area contributed by atoms with Gasteiger partial charge in [0.05, 0.1) is 11.8 Å². The van der Waals surface area contributed by atoms with Crippen LogP contribution in [0.4, 0.5) is 0 Å². The molecular weight excluding hydrogens is 376 g/mol.